The average molecular weight is 318 g/mol. The van der Waals surface area contributed by atoms with E-state index in [1.807, 2.05) is 6.20 Å². The number of aromatic nitrogens is 2. The van der Waals surface area contributed by atoms with E-state index >= 15 is 0 Å². The first-order chi connectivity index (χ1) is 10.3. The second-order valence-electron chi connectivity index (χ2n) is 7.51. The summed E-state index contributed by atoms with van der Waals surface area (Å²) >= 11 is 0. The van der Waals surface area contributed by atoms with E-state index in [0.717, 1.165) is 6.42 Å². The molecule has 122 valence electrons. The van der Waals surface area contributed by atoms with Crippen LogP contribution in [0.5, 0.6) is 0 Å². The van der Waals surface area contributed by atoms with Crippen molar-refractivity contribution in [2.75, 3.05) is 0 Å². The van der Waals surface area contributed by atoms with E-state index in [4.69, 9.17) is 4.98 Å². The molecule has 0 fully saturated rings. The lowest BCUT2D eigenvalue weighted by Gasteiger charge is -2.33. The molecule has 1 heterocycles. The molecule has 1 aromatic rings. The Labute approximate surface area is 137 Å². The number of hydrogen-bond donors (Lipinski definition) is 0. The second kappa shape index (κ2) is 6.71. The average Bonchev–Trinajstić information content (AvgIpc) is 2.79. The molecule has 1 aliphatic rings. The van der Waals surface area contributed by atoms with E-state index in [-0.39, 0.29) is 5.16 Å². The van der Waals surface area contributed by atoms with Crippen LogP contribution in [0, 0.1) is 5.92 Å². The molecule has 0 aromatic carbocycles. The van der Waals surface area contributed by atoms with Crippen molar-refractivity contribution in [3.05, 3.63) is 34.9 Å². The van der Waals surface area contributed by atoms with Crippen LogP contribution in [-0.4, -0.2) is 14.7 Å². The van der Waals surface area contributed by atoms with Crippen LogP contribution >= 0.6 is 7.92 Å². The Kier molecular flexibility index (Phi) is 5.33. The lowest BCUT2D eigenvalue weighted by molar-refractivity contribution is 0.610. The molecule has 2 nitrogen and oxygen atoms in total. The van der Waals surface area contributed by atoms with Crippen molar-refractivity contribution in [1.82, 2.24) is 9.55 Å². The summed E-state index contributed by atoms with van der Waals surface area (Å²) in [7, 11) is 1.67. The molecule has 3 heteroatoms. The highest BCUT2D eigenvalue weighted by Crippen LogP contribution is 2.57. The maximum atomic E-state index is 4.73. The summed E-state index contributed by atoms with van der Waals surface area (Å²) in [6.07, 6.45) is 10.2. The molecule has 0 saturated carbocycles. The third kappa shape index (κ3) is 3.54. The van der Waals surface area contributed by atoms with E-state index in [1.54, 1.807) is 16.5 Å². The summed E-state index contributed by atoms with van der Waals surface area (Å²) in [5.74, 6) is 0.669. The van der Waals surface area contributed by atoms with Crippen LogP contribution in [0.4, 0.5) is 0 Å². The minimum Gasteiger partial charge on any atom is -0.334 e. The molecule has 0 radical (unpaired) electrons. The van der Waals surface area contributed by atoms with Gasteiger partial charge in [-0.15, -0.1) is 0 Å². The zero-order valence-electron chi connectivity index (χ0n) is 15.3. The van der Waals surface area contributed by atoms with Gasteiger partial charge >= 0.3 is 0 Å². The number of nitrogens with zero attached hydrogens (tertiary/aromatic N) is 2. The van der Waals surface area contributed by atoms with E-state index < -0.39 is 7.92 Å². The number of rotatable bonds is 3. The van der Waals surface area contributed by atoms with E-state index in [1.165, 1.54) is 18.4 Å². The molecule has 0 spiro atoms. The van der Waals surface area contributed by atoms with Crippen molar-refractivity contribution in [2.24, 2.45) is 13.0 Å². The first-order valence-electron chi connectivity index (χ1n) is 8.43. The summed E-state index contributed by atoms with van der Waals surface area (Å²) in [6.45, 7) is 14.1. The fourth-order valence-electron chi connectivity index (χ4n) is 3.11. The van der Waals surface area contributed by atoms with Gasteiger partial charge in [-0.05, 0) is 42.6 Å². The summed E-state index contributed by atoms with van der Waals surface area (Å²) in [4.78, 5) is 4.73. The molecule has 1 aromatic heterocycles. The Morgan fingerprint density at radius 2 is 2.05 bits per heavy atom. The van der Waals surface area contributed by atoms with Crippen LogP contribution < -0.4 is 5.57 Å². The minimum atomic E-state index is -0.459. The Morgan fingerprint density at radius 3 is 2.55 bits per heavy atom. The van der Waals surface area contributed by atoms with Gasteiger partial charge in [0.1, 0.15) is 5.57 Å². The third-order valence-corrected chi connectivity index (χ3v) is 7.88. The minimum absolute atomic E-state index is 0.213. The highest BCUT2D eigenvalue weighted by atomic mass is 31.1. The standard InChI is InChI=1S/C19H31N2P/c1-8-16-10-9-14(2)15(3)17(13-16)22(19(4,5)6)18-20-11-12-21(18)7/h11-14H,8-10H2,1-7H3. The maximum absolute atomic E-state index is 4.73. The van der Waals surface area contributed by atoms with E-state index in [9.17, 15) is 0 Å². The largest absolute Gasteiger partial charge is 0.334 e. The molecule has 0 bridgehead atoms. The lowest BCUT2D eigenvalue weighted by Crippen LogP contribution is -2.26. The molecule has 2 rings (SSSR count). The molecule has 2 atom stereocenters. The van der Waals surface area contributed by atoms with Gasteiger partial charge in [0, 0.05) is 27.4 Å². The summed E-state index contributed by atoms with van der Waals surface area (Å²) < 4.78 is 2.21. The Bertz CT molecular complexity index is 587. The molecule has 0 aliphatic heterocycles. The van der Waals surface area contributed by atoms with Crippen molar-refractivity contribution in [1.29, 1.82) is 0 Å². The molecule has 2 unspecified atom stereocenters. The Hall–Kier alpha value is -0.880. The molecule has 0 saturated heterocycles. The highest BCUT2D eigenvalue weighted by Gasteiger charge is 2.34. The zero-order valence-corrected chi connectivity index (χ0v) is 16.2. The van der Waals surface area contributed by atoms with Crippen molar-refractivity contribution in [2.45, 2.75) is 66.0 Å². The predicted molar refractivity (Wildman–Crippen MR) is 99.0 cm³/mol. The highest BCUT2D eigenvalue weighted by molar-refractivity contribution is 7.70. The number of allylic oxidation sites excluding steroid dienone is 4. The maximum Gasteiger partial charge on any atom is 0.136 e. The smallest absolute Gasteiger partial charge is 0.136 e. The molecular weight excluding hydrogens is 287 g/mol. The lowest BCUT2D eigenvalue weighted by atomic mass is 9.97. The predicted octanol–water partition coefficient (Wildman–Crippen LogP) is 5.37. The van der Waals surface area contributed by atoms with Gasteiger partial charge in [-0.3, -0.25) is 0 Å². The topological polar surface area (TPSA) is 17.8 Å². The summed E-state index contributed by atoms with van der Waals surface area (Å²) in [5.41, 5.74) is 4.43. The van der Waals surface area contributed by atoms with E-state index in [0.29, 0.717) is 5.92 Å². The summed E-state index contributed by atoms with van der Waals surface area (Å²) in [5, 5.41) is 1.78. The number of aryl methyl sites for hydroxylation is 1. The number of imidazole rings is 1. The third-order valence-electron chi connectivity index (χ3n) is 4.74. The summed E-state index contributed by atoms with van der Waals surface area (Å²) in [6, 6.07) is 0. The van der Waals surface area contributed by atoms with Crippen LogP contribution in [0.1, 0.15) is 60.8 Å². The van der Waals surface area contributed by atoms with Gasteiger partial charge in [-0.2, -0.15) is 0 Å². The monoisotopic (exact) mass is 318 g/mol. The van der Waals surface area contributed by atoms with Gasteiger partial charge in [0.25, 0.3) is 0 Å². The molecule has 0 N–H and O–H groups in total. The zero-order chi connectivity index (χ0) is 16.5. The fourth-order valence-corrected chi connectivity index (χ4v) is 6.10. The van der Waals surface area contributed by atoms with Crippen LogP contribution in [0.2, 0.25) is 0 Å². The molecular formula is C19H31N2P. The van der Waals surface area contributed by atoms with Crippen molar-refractivity contribution < 1.29 is 0 Å². The van der Waals surface area contributed by atoms with Crippen LogP contribution in [-0.2, 0) is 7.05 Å². The second-order valence-corrected chi connectivity index (χ2v) is 10.4. The Balaban J connectivity index is 2.63. The van der Waals surface area contributed by atoms with Gasteiger partial charge in [0.2, 0.25) is 0 Å². The van der Waals surface area contributed by atoms with E-state index in [2.05, 4.69) is 65.4 Å². The van der Waals surface area contributed by atoms with Gasteiger partial charge in [-0.1, -0.05) is 51.8 Å². The van der Waals surface area contributed by atoms with Crippen LogP contribution in [0.3, 0.4) is 0 Å². The number of hydrogen-bond acceptors (Lipinski definition) is 1. The van der Waals surface area contributed by atoms with Gasteiger partial charge in [0.05, 0.1) is 0 Å². The first-order valence-corrected chi connectivity index (χ1v) is 9.77. The normalized spacial score (nSPS) is 21.6. The van der Waals surface area contributed by atoms with Crippen LogP contribution in [0.25, 0.3) is 0 Å². The molecule has 22 heavy (non-hydrogen) atoms. The quantitative estimate of drug-likeness (QED) is 0.685. The van der Waals surface area contributed by atoms with Crippen LogP contribution in [0.15, 0.2) is 34.9 Å². The SMILES string of the molecule is CCC1=CC(P(c2nccn2C)C(C)(C)C)=C(C)C(C)CC1. The van der Waals surface area contributed by atoms with Gasteiger partial charge in [0.15, 0.2) is 0 Å². The van der Waals surface area contributed by atoms with Crippen molar-refractivity contribution in [3.8, 4) is 0 Å². The Morgan fingerprint density at radius 1 is 1.36 bits per heavy atom. The molecule has 0 amide bonds. The van der Waals surface area contributed by atoms with Gasteiger partial charge in [-0.25, -0.2) is 4.98 Å². The molecule has 1 aliphatic carbocycles. The van der Waals surface area contributed by atoms with Gasteiger partial charge < -0.3 is 4.57 Å². The van der Waals surface area contributed by atoms with Crippen molar-refractivity contribution >= 4 is 13.5 Å². The first kappa shape index (κ1) is 17.5. The van der Waals surface area contributed by atoms with Crippen molar-refractivity contribution in [3.63, 3.8) is 0 Å². The fraction of sp³-hybridized carbons (Fsp3) is 0.632.